The van der Waals surface area contributed by atoms with E-state index in [2.05, 4.69) is 11.1 Å². The van der Waals surface area contributed by atoms with Crippen LogP contribution in [0.5, 0.6) is 0 Å². The summed E-state index contributed by atoms with van der Waals surface area (Å²) in [4.78, 5) is 0. The van der Waals surface area contributed by atoms with Crippen LogP contribution >= 0.6 is 0 Å². The minimum atomic E-state index is -0.258. The van der Waals surface area contributed by atoms with Crippen molar-refractivity contribution in [2.45, 2.75) is 6.10 Å². The lowest BCUT2D eigenvalue weighted by Gasteiger charge is -2.34. The van der Waals surface area contributed by atoms with Gasteiger partial charge in [-0.05, 0) is 0 Å². The van der Waals surface area contributed by atoms with Crippen LogP contribution in [0.2, 0.25) is 0 Å². The molecule has 1 atom stereocenters. The van der Waals surface area contributed by atoms with Crippen molar-refractivity contribution in [1.82, 2.24) is 10.0 Å². The molecule has 1 rings (SSSR count). The van der Waals surface area contributed by atoms with Gasteiger partial charge in [0.15, 0.2) is 6.10 Å². The highest BCUT2D eigenvalue weighted by molar-refractivity contribution is 4.88. The van der Waals surface area contributed by atoms with E-state index < -0.39 is 0 Å². The number of hydrogen-bond donors (Lipinski definition) is 0. The highest BCUT2D eigenvalue weighted by atomic mass is 16.5. The van der Waals surface area contributed by atoms with Crippen LogP contribution < -0.4 is 0 Å². The largest absolute Gasteiger partial charge is 0.360 e. The van der Waals surface area contributed by atoms with E-state index in [0.29, 0.717) is 13.2 Å². The van der Waals surface area contributed by atoms with Gasteiger partial charge in [0.1, 0.15) is 0 Å². The highest BCUT2D eigenvalue weighted by Crippen LogP contribution is 2.04. The van der Waals surface area contributed by atoms with Crippen molar-refractivity contribution in [3.8, 4) is 6.07 Å². The summed E-state index contributed by atoms with van der Waals surface area (Å²) >= 11 is 0. The summed E-state index contributed by atoms with van der Waals surface area (Å²) in [5, 5.41) is 12.7. The van der Waals surface area contributed by atoms with Crippen molar-refractivity contribution < 1.29 is 4.74 Å². The smallest absolute Gasteiger partial charge is 0.158 e. The Morgan fingerprint density at radius 3 is 2.91 bits per heavy atom. The zero-order valence-electron chi connectivity index (χ0n) is 6.95. The Morgan fingerprint density at radius 2 is 2.36 bits per heavy atom. The second-order valence-corrected chi connectivity index (χ2v) is 2.75. The summed E-state index contributed by atoms with van der Waals surface area (Å²) in [6.45, 7) is 2.21. The van der Waals surface area contributed by atoms with E-state index in [9.17, 15) is 0 Å². The van der Waals surface area contributed by atoms with Crippen molar-refractivity contribution in [2.24, 2.45) is 0 Å². The predicted molar refractivity (Wildman–Crippen MR) is 40.6 cm³/mol. The molecule has 0 amide bonds. The first-order valence-electron chi connectivity index (χ1n) is 3.67. The molecule has 0 aliphatic carbocycles. The van der Waals surface area contributed by atoms with E-state index in [-0.39, 0.29) is 6.10 Å². The van der Waals surface area contributed by atoms with Crippen LogP contribution in [0.25, 0.3) is 0 Å². The van der Waals surface area contributed by atoms with Crippen molar-refractivity contribution >= 4 is 0 Å². The Labute approximate surface area is 66.9 Å². The first kappa shape index (κ1) is 8.47. The first-order valence-corrected chi connectivity index (χ1v) is 3.67. The first-order chi connectivity index (χ1) is 5.24. The van der Waals surface area contributed by atoms with Crippen molar-refractivity contribution in [1.29, 1.82) is 5.26 Å². The summed E-state index contributed by atoms with van der Waals surface area (Å²) in [5.74, 6) is 0. The summed E-state index contributed by atoms with van der Waals surface area (Å²) in [7, 11) is 3.94. The third kappa shape index (κ3) is 2.15. The van der Waals surface area contributed by atoms with E-state index in [1.54, 1.807) is 0 Å². The average Bonchev–Trinajstić information content (AvgIpc) is 2.05. The monoisotopic (exact) mass is 155 g/mol. The van der Waals surface area contributed by atoms with E-state index >= 15 is 0 Å². The SMILES string of the molecule is CN(C)N1CCOC(C#N)C1. The zero-order valence-corrected chi connectivity index (χ0v) is 6.95. The van der Waals surface area contributed by atoms with Gasteiger partial charge in [-0.15, -0.1) is 0 Å². The molecule has 0 bridgehead atoms. The van der Waals surface area contributed by atoms with Gasteiger partial charge in [0.2, 0.25) is 0 Å². The van der Waals surface area contributed by atoms with Crippen LogP contribution in [0.1, 0.15) is 0 Å². The summed E-state index contributed by atoms with van der Waals surface area (Å²) in [5.41, 5.74) is 0. The van der Waals surface area contributed by atoms with Crippen LogP contribution in [-0.2, 0) is 4.74 Å². The van der Waals surface area contributed by atoms with E-state index in [1.165, 1.54) is 0 Å². The molecule has 11 heavy (non-hydrogen) atoms. The molecule has 0 N–H and O–H groups in total. The van der Waals surface area contributed by atoms with Gasteiger partial charge in [0, 0.05) is 20.6 Å². The fraction of sp³-hybridized carbons (Fsp3) is 0.857. The van der Waals surface area contributed by atoms with Crippen LogP contribution in [-0.4, -0.2) is 49.9 Å². The maximum absolute atomic E-state index is 8.57. The van der Waals surface area contributed by atoms with Gasteiger partial charge < -0.3 is 4.74 Å². The molecule has 1 fully saturated rings. The lowest BCUT2D eigenvalue weighted by Crippen LogP contribution is -2.48. The van der Waals surface area contributed by atoms with E-state index in [1.807, 2.05) is 19.1 Å². The predicted octanol–water partition coefficient (Wildman–Crippen LogP) is -0.313. The lowest BCUT2D eigenvalue weighted by molar-refractivity contribution is -0.0835. The van der Waals surface area contributed by atoms with Gasteiger partial charge in [0.25, 0.3) is 0 Å². The van der Waals surface area contributed by atoms with Crippen LogP contribution in [0, 0.1) is 11.3 Å². The third-order valence-electron chi connectivity index (χ3n) is 1.75. The molecule has 4 heteroatoms. The molecular weight excluding hydrogens is 142 g/mol. The van der Waals surface area contributed by atoms with Crippen molar-refractivity contribution in [3.05, 3.63) is 0 Å². The van der Waals surface area contributed by atoms with Crippen LogP contribution in [0.4, 0.5) is 0 Å². The Balaban J connectivity index is 2.41. The maximum Gasteiger partial charge on any atom is 0.158 e. The normalized spacial score (nSPS) is 26.9. The molecule has 62 valence electrons. The number of nitriles is 1. The number of ether oxygens (including phenoxy) is 1. The maximum atomic E-state index is 8.57. The molecule has 0 radical (unpaired) electrons. The molecule has 0 aromatic rings. The number of nitrogens with zero attached hydrogens (tertiary/aromatic N) is 3. The van der Waals surface area contributed by atoms with E-state index in [0.717, 1.165) is 6.54 Å². The zero-order chi connectivity index (χ0) is 8.27. The van der Waals surface area contributed by atoms with Crippen LogP contribution in [0.3, 0.4) is 0 Å². The minimum Gasteiger partial charge on any atom is -0.360 e. The molecular formula is C7H13N3O. The molecule has 1 aliphatic heterocycles. The summed E-state index contributed by atoms with van der Waals surface area (Å²) in [6, 6.07) is 2.10. The Morgan fingerprint density at radius 1 is 1.64 bits per heavy atom. The third-order valence-corrected chi connectivity index (χ3v) is 1.75. The Kier molecular flexibility index (Phi) is 2.83. The standard InChI is InChI=1S/C7H13N3O/c1-9(2)10-3-4-11-7(5-8)6-10/h7H,3-4,6H2,1-2H3. The number of morpholine rings is 1. The molecule has 1 saturated heterocycles. The number of hydrogen-bond acceptors (Lipinski definition) is 4. The molecule has 0 spiro atoms. The number of hydrazine groups is 1. The fourth-order valence-electron chi connectivity index (χ4n) is 1.08. The van der Waals surface area contributed by atoms with Crippen molar-refractivity contribution in [3.63, 3.8) is 0 Å². The van der Waals surface area contributed by atoms with Gasteiger partial charge >= 0.3 is 0 Å². The Hall–Kier alpha value is -0.630. The molecule has 1 aliphatic rings. The molecule has 1 unspecified atom stereocenters. The molecule has 0 aromatic heterocycles. The van der Waals surface area contributed by atoms with Gasteiger partial charge in [-0.3, -0.25) is 0 Å². The molecule has 0 saturated carbocycles. The quantitative estimate of drug-likeness (QED) is 0.520. The average molecular weight is 155 g/mol. The van der Waals surface area contributed by atoms with Crippen LogP contribution in [0.15, 0.2) is 0 Å². The Bertz CT molecular complexity index is 164. The summed E-state index contributed by atoms with van der Waals surface area (Å²) < 4.78 is 5.18. The van der Waals surface area contributed by atoms with Gasteiger partial charge in [0.05, 0.1) is 19.2 Å². The van der Waals surface area contributed by atoms with Gasteiger partial charge in [-0.2, -0.15) is 5.26 Å². The second kappa shape index (κ2) is 3.67. The van der Waals surface area contributed by atoms with Gasteiger partial charge in [-0.25, -0.2) is 10.0 Å². The molecule has 1 heterocycles. The highest BCUT2D eigenvalue weighted by Gasteiger charge is 2.20. The topological polar surface area (TPSA) is 39.5 Å². The second-order valence-electron chi connectivity index (χ2n) is 2.75. The van der Waals surface area contributed by atoms with Gasteiger partial charge in [-0.1, -0.05) is 0 Å². The number of rotatable bonds is 1. The summed E-state index contributed by atoms with van der Waals surface area (Å²) in [6.07, 6.45) is -0.258. The van der Waals surface area contributed by atoms with Crippen molar-refractivity contribution in [2.75, 3.05) is 33.8 Å². The lowest BCUT2D eigenvalue weighted by atomic mass is 10.3. The fourth-order valence-corrected chi connectivity index (χ4v) is 1.08. The van der Waals surface area contributed by atoms with E-state index in [4.69, 9.17) is 10.00 Å². The molecule has 4 nitrogen and oxygen atoms in total. The minimum absolute atomic E-state index is 0.258. The molecule has 0 aromatic carbocycles.